The molecule has 108 valence electrons. The molecule has 2 aromatic heterocycles. The summed E-state index contributed by atoms with van der Waals surface area (Å²) >= 11 is 0. The monoisotopic (exact) mass is 282 g/mol. The lowest BCUT2D eigenvalue weighted by Crippen LogP contribution is -2.07. The second kappa shape index (κ2) is 5.26. The fourth-order valence-corrected chi connectivity index (χ4v) is 2.52. The maximum Gasteiger partial charge on any atom is 0.160 e. The van der Waals surface area contributed by atoms with Crippen LogP contribution in [0.2, 0.25) is 0 Å². The minimum absolute atomic E-state index is 0.0367. The summed E-state index contributed by atoms with van der Waals surface area (Å²) in [6.07, 6.45) is 0. The fourth-order valence-electron chi connectivity index (χ4n) is 2.52. The molecule has 0 atom stereocenters. The number of nitrogens with zero attached hydrogens (tertiary/aromatic N) is 4. The highest BCUT2D eigenvalue weighted by atomic mass is 16.3. The Morgan fingerprint density at radius 1 is 1.10 bits per heavy atom. The van der Waals surface area contributed by atoms with Crippen molar-refractivity contribution in [3.63, 3.8) is 0 Å². The Bertz CT molecular complexity index is 807. The Kier molecular flexibility index (Phi) is 3.43. The highest BCUT2D eigenvalue weighted by molar-refractivity contribution is 5.84. The van der Waals surface area contributed by atoms with E-state index in [0.717, 1.165) is 28.0 Å². The molecule has 2 heterocycles. The number of hydrogen-bond donors (Lipinski definition) is 1. The van der Waals surface area contributed by atoms with E-state index in [0.29, 0.717) is 12.4 Å². The highest BCUT2D eigenvalue weighted by Crippen LogP contribution is 2.25. The number of aryl methyl sites for hydroxylation is 3. The van der Waals surface area contributed by atoms with Gasteiger partial charge in [0.15, 0.2) is 5.82 Å². The van der Waals surface area contributed by atoms with Crippen LogP contribution in [0.4, 0.5) is 0 Å². The van der Waals surface area contributed by atoms with Gasteiger partial charge >= 0.3 is 0 Å². The average molecular weight is 282 g/mol. The summed E-state index contributed by atoms with van der Waals surface area (Å²) in [4.78, 5) is 9.15. The van der Waals surface area contributed by atoms with E-state index in [1.165, 1.54) is 5.56 Å². The summed E-state index contributed by atoms with van der Waals surface area (Å²) in [5.74, 6) is 1.46. The standard InChI is InChI=1S/C16H18N4O/c1-10-4-5-15-13(8-10)9-14(11(2)17-15)16-18-12(3)19-20(16)6-7-21/h4-5,8-9,21H,6-7H2,1-3H3. The van der Waals surface area contributed by atoms with E-state index in [-0.39, 0.29) is 6.61 Å². The molecule has 0 aliphatic carbocycles. The van der Waals surface area contributed by atoms with E-state index in [2.05, 4.69) is 40.2 Å². The number of fused-ring (bicyclic) bond motifs is 1. The van der Waals surface area contributed by atoms with E-state index in [9.17, 15) is 5.11 Å². The van der Waals surface area contributed by atoms with Crippen molar-refractivity contribution in [1.29, 1.82) is 0 Å². The Morgan fingerprint density at radius 2 is 1.90 bits per heavy atom. The molecule has 0 aliphatic heterocycles. The zero-order chi connectivity index (χ0) is 15.0. The van der Waals surface area contributed by atoms with Crippen LogP contribution in [-0.4, -0.2) is 31.5 Å². The maximum absolute atomic E-state index is 9.17. The lowest BCUT2D eigenvalue weighted by atomic mass is 10.1. The van der Waals surface area contributed by atoms with Gasteiger partial charge in [0.2, 0.25) is 0 Å². The van der Waals surface area contributed by atoms with E-state index in [1.807, 2.05) is 19.9 Å². The van der Waals surface area contributed by atoms with Crippen LogP contribution in [0.5, 0.6) is 0 Å². The van der Waals surface area contributed by atoms with Crippen LogP contribution in [0.25, 0.3) is 22.3 Å². The van der Waals surface area contributed by atoms with Crippen LogP contribution in [0.15, 0.2) is 24.3 Å². The normalized spacial score (nSPS) is 11.2. The minimum atomic E-state index is 0.0367. The zero-order valence-corrected chi connectivity index (χ0v) is 12.5. The second-order valence-corrected chi connectivity index (χ2v) is 5.25. The van der Waals surface area contributed by atoms with Crippen LogP contribution < -0.4 is 0 Å². The third-order valence-electron chi connectivity index (χ3n) is 3.49. The van der Waals surface area contributed by atoms with E-state index in [4.69, 9.17) is 0 Å². The number of pyridine rings is 1. The van der Waals surface area contributed by atoms with Crippen LogP contribution in [0.1, 0.15) is 17.1 Å². The van der Waals surface area contributed by atoms with E-state index < -0.39 is 0 Å². The summed E-state index contributed by atoms with van der Waals surface area (Å²) in [5, 5.41) is 14.6. The van der Waals surface area contributed by atoms with Crippen LogP contribution >= 0.6 is 0 Å². The number of aromatic nitrogens is 4. The van der Waals surface area contributed by atoms with Gasteiger partial charge in [0.25, 0.3) is 0 Å². The summed E-state index contributed by atoms with van der Waals surface area (Å²) < 4.78 is 1.74. The topological polar surface area (TPSA) is 63.8 Å². The Balaban J connectivity index is 2.22. The molecule has 0 saturated heterocycles. The van der Waals surface area contributed by atoms with Crippen molar-refractivity contribution in [2.75, 3.05) is 6.61 Å². The maximum atomic E-state index is 9.17. The predicted octanol–water partition coefficient (Wildman–Crippen LogP) is 2.41. The first-order chi connectivity index (χ1) is 10.1. The molecule has 3 rings (SSSR count). The molecule has 5 nitrogen and oxygen atoms in total. The molecule has 1 N–H and O–H groups in total. The third kappa shape index (κ3) is 2.52. The molecule has 0 spiro atoms. The van der Waals surface area contributed by atoms with Crippen molar-refractivity contribution in [1.82, 2.24) is 19.7 Å². The summed E-state index contributed by atoms with van der Waals surface area (Å²) in [6.45, 7) is 6.36. The summed E-state index contributed by atoms with van der Waals surface area (Å²) in [5.41, 5.74) is 4.05. The molecule has 3 aromatic rings. The van der Waals surface area contributed by atoms with Gasteiger partial charge in [-0.25, -0.2) is 9.67 Å². The molecular formula is C16H18N4O. The molecule has 0 bridgehead atoms. The molecule has 0 radical (unpaired) electrons. The largest absolute Gasteiger partial charge is 0.394 e. The molecule has 5 heteroatoms. The predicted molar refractivity (Wildman–Crippen MR) is 82.1 cm³/mol. The highest BCUT2D eigenvalue weighted by Gasteiger charge is 2.14. The van der Waals surface area contributed by atoms with Crippen LogP contribution in [0.3, 0.4) is 0 Å². The van der Waals surface area contributed by atoms with E-state index >= 15 is 0 Å². The van der Waals surface area contributed by atoms with Crippen LogP contribution in [0, 0.1) is 20.8 Å². The molecule has 0 saturated carbocycles. The van der Waals surface area contributed by atoms with Gasteiger partial charge in [-0.15, -0.1) is 0 Å². The fraction of sp³-hybridized carbons (Fsp3) is 0.312. The first-order valence-electron chi connectivity index (χ1n) is 6.99. The average Bonchev–Trinajstić information content (AvgIpc) is 2.80. The third-order valence-corrected chi connectivity index (χ3v) is 3.49. The number of aliphatic hydroxyl groups is 1. The summed E-state index contributed by atoms with van der Waals surface area (Å²) in [7, 11) is 0. The zero-order valence-electron chi connectivity index (χ0n) is 12.5. The van der Waals surface area contributed by atoms with Gasteiger partial charge < -0.3 is 5.11 Å². The van der Waals surface area contributed by atoms with Crippen molar-refractivity contribution in [3.05, 3.63) is 41.3 Å². The van der Waals surface area contributed by atoms with Gasteiger partial charge in [0.05, 0.1) is 18.7 Å². The van der Waals surface area contributed by atoms with Gasteiger partial charge in [-0.1, -0.05) is 11.6 Å². The summed E-state index contributed by atoms with van der Waals surface area (Å²) in [6, 6.07) is 8.31. The van der Waals surface area contributed by atoms with Gasteiger partial charge in [-0.05, 0) is 39.0 Å². The first-order valence-corrected chi connectivity index (χ1v) is 6.99. The quantitative estimate of drug-likeness (QED) is 0.801. The smallest absolute Gasteiger partial charge is 0.160 e. The first kappa shape index (κ1) is 13.7. The van der Waals surface area contributed by atoms with Gasteiger partial charge in [-0.2, -0.15) is 5.10 Å². The van der Waals surface area contributed by atoms with Crippen LogP contribution in [-0.2, 0) is 6.54 Å². The lowest BCUT2D eigenvalue weighted by Gasteiger charge is -2.09. The second-order valence-electron chi connectivity index (χ2n) is 5.25. The molecular weight excluding hydrogens is 264 g/mol. The Hall–Kier alpha value is -2.27. The lowest BCUT2D eigenvalue weighted by molar-refractivity contribution is 0.270. The van der Waals surface area contributed by atoms with Gasteiger partial charge in [-0.3, -0.25) is 4.98 Å². The SMILES string of the molecule is Cc1ccc2nc(C)c(-c3nc(C)nn3CCO)cc2c1. The molecule has 21 heavy (non-hydrogen) atoms. The minimum Gasteiger partial charge on any atom is -0.394 e. The van der Waals surface area contributed by atoms with Crippen molar-refractivity contribution in [3.8, 4) is 11.4 Å². The van der Waals surface area contributed by atoms with Crippen molar-refractivity contribution in [2.24, 2.45) is 0 Å². The molecule has 0 aliphatic rings. The van der Waals surface area contributed by atoms with Crippen molar-refractivity contribution >= 4 is 10.9 Å². The Morgan fingerprint density at radius 3 is 2.67 bits per heavy atom. The molecule has 1 aromatic carbocycles. The molecule has 0 amide bonds. The molecule has 0 fully saturated rings. The van der Waals surface area contributed by atoms with Gasteiger partial charge in [0, 0.05) is 16.6 Å². The number of rotatable bonds is 3. The van der Waals surface area contributed by atoms with Gasteiger partial charge in [0.1, 0.15) is 5.82 Å². The number of aliphatic hydroxyl groups excluding tert-OH is 1. The number of benzene rings is 1. The van der Waals surface area contributed by atoms with Crippen molar-refractivity contribution in [2.45, 2.75) is 27.3 Å². The molecule has 0 unspecified atom stereocenters. The Labute approximate surface area is 123 Å². The van der Waals surface area contributed by atoms with Crippen molar-refractivity contribution < 1.29 is 5.11 Å². The number of hydrogen-bond acceptors (Lipinski definition) is 4. The van der Waals surface area contributed by atoms with E-state index in [1.54, 1.807) is 4.68 Å².